The summed E-state index contributed by atoms with van der Waals surface area (Å²) < 4.78 is 10.8. The van der Waals surface area contributed by atoms with Gasteiger partial charge in [-0.15, -0.1) is 0 Å². The lowest BCUT2D eigenvalue weighted by atomic mass is 9.88. The topological polar surface area (TPSA) is 41.9 Å². The number of benzene rings is 1. The van der Waals surface area contributed by atoms with Crippen LogP contribution in [-0.4, -0.2) is 30.1 Å². The van der Waals surface area contributed by atoms with E-state index in [1.807, 2.05) is 12.1 Å². The number of fused-ring (bicyclic) bond motifs is 1. The number of hydrogen-bond acceptors (Lipinski definition) is 4. The van der Waals surface area contributed by atoms with Crippen LogP contribution in [0, 0.1) is 0 Å². The lowest BCUT2D eigenvalue weighted by Crippen LogP contribution is -2.51. The van der Waals surface area contributed by atoms with Gasteiger partial charge in [-0.1, -0.05) is 0 Å². The molecule has 0 aromatic heterocycles. The SMILES string of the molecule is CC1(C)CC(O)CCN1c1ccc2c(c1)OCO2. The average molecular weight is 249 g/mol. The smallest absolute Gasteiger partial charge is 0.231 e. The molecule has 0 saturated carbocycles. The monoisotopic (exact) mass is 249 g/mol. The van der Waals surface area contributed by atoms with Gasteiger partial charge in [0.1, 0.15) is 0 Å². The molecule has 0 spiro atoms. The summed E-state index contributed by atoms with van der Waals surface area (Å²) in [4.78, 5) is 2.34. The maximum Gasteiger partial charge on any atom is 0.231 e. The molecule has 1 aromatic rings. The first-order chi connectivity index (χ1) is 8.56. The lowest BCUT2D eigenvalue weighted by molar-refractivity contribution is 0.107. The molecule has 3 rings (SSSR count). The van der Waals surface area contributed by atoms with Crippen LogP contribution in [0.2, 0.25) is 0 Å². The van der Waals surface area contributed by atoms with E-state index in [0.29, 0.717) is 6.79 Å². The summed E-state index contributed by atoms with van der Waals surface area (Å²) in [5.41, 5.74) is 1.10. The summed E-state index contributed by atoms with van der Waals surface area (Å²) >= 11 is 0. The molecule has 0 aliphatic carbocycles. The number of aliphatic hydroxyl groups is 1. The van der Waals surface area contributed by atoms with Gasteiger partial charge in [-0.3, -0.25) is 0 Å². The third-order valence-corrected chi connectivity index (χ3v) is 3.82. The van der Waals surface area contributed by atoms with Crippen LogP contribution in [-0.2, 0) is 0 Å². The summed E-state index contributed by atoms with van der Waals surface area (Å²) in [6.07, 6.45) is 1.42. The van der Waals surface area contributed by atoms with E-state index in [1.165, 1.54) is 0 Å². The van der Waals surface area contributed by atoms with Crippen molar-refractivity contribution >= 4 is 5.69 Å². The van der Waals surface area contributed by atoms with E-state index < -0.39 is 0 Å². The summed E-state index contributed by atoms with van der Waals surface area (Å²) in [5, 5.41) is 9.79. The summed E-state index contributed by atoms with van der Waals surface area (Å²) in [5.74, 6) is 1.63. The van der Waals surface area contributed by atoms with Gasteiger partial charge in [-0.05, 0) is 38.8 Å². The normalized spacial score (nSPS) is 25.3. The van der Waals surface area contributed by atoms with Crippen LogP contribution in [0.15, 0.2) is 18.2 Å². The van der Waals surface area contributed by atoms with Crippen molar-refractivity contribution in [3.63, 3.8) is 0 Å². The summed E-state index contributed by atoms with van der Waals surface area (Å²) in [7, 11) is 0. The van der Waals surface area contributed by atoms with E-state index in [2.05, 4.69) is 24.8 Å². The Bertz CT molecular complexity index is 458. The fourth-order valence-electron chi connectivity index (χ4n) is 2.90. The van der Waals surface area contributed by atoms with Crippen molar-refractivity contribution in [2.75, 3.05) is 18.2 Å². The first-order valence-corrected chi connectivity index (χ1v) is 6.42. The predicted molar refractivity (Wildman–Crippen MR) is 69.2 cm³/mol. The van der Waals surface area contributed by atoms with Crippen molar-refractivity contribution in [1.29, 1.82) is 0 Å². The predicted octanol–water partition coefficient (Wildman–Crippen LogP) is 2.15. The molecule has 1 fully saturated rings. The van der Waals surface area contributed by atoms with Crippen molar-refractivity contribution < 1.29 is 14.6 Å². The number of hydrogen-bond donors (Lipinski definition) is 1. The number of rotatable bonds is 1. The minimum absolute atomic E-state index is 0.0363. The zero-order chi connectivity index (χ0) is 12.8. The van der Waals surface area contributed by atoms with E-state index >= 15 is 0 Å². The minimum atomic E-state index is -0.190. The van der Waals surface area contributed by atoms with Crippen LogP contribution in [0.25, 0.3) is 0 Å². The zero-order valence-corrected chi connectivity index (χ0v) is 10.8. The quantitative estimate of drug-likeness (QED) is 0.828. The molecule has 4 nitrogen and oxygen atoms in total. The lowest BCUT2D eigenvalue weighted by Gasteiger charge is -2.46. The standard InChI is InChI=1S/C14H19NO3/c1-14(2)8-11(16)5-6-15(14)10-3-4-12-13(7-10)18-9-17-12/h3-4,7,11,16H,5-6,8-9H2,1-2H3. The molecule has 1 aromatic carbocycles. The Hall–Kier alpha value is -1.42. The largest absolute Gasteiger partial charge is 0.454 e. The van der Waals surface area contributed by atoms with Crippen molar-refractivity contribution in [3.8, 4) is 11.5 Å². The second-order valence-electron chi connectivity index (χ2n) is 5.65. The van der Waals surface area contributed by atoms with Gasteiger partial charge in [0.05, 0.1) is 6.10 Å². The summed E-state index contributed by atoms with van der Waals surface area (Å²) in [6.45, 7) is 5.51. The highest BCUT2D eigenvalue weighted by Crippen LogP contribution is 2.39. The first kappa shape index (κ1) is 11.7. The molecule has 0 bridgehead atoms. The van der Waals surface area contributed by atoms with E-state index in [-0.39, 0.29) is 11.6 Å². The third-order valence-electron chi connectivity index (χ3n) is 3.82. The number of piperidine rings is 1. The molecule has 0 radical (unpaired) electrons. The highest BCUT2D eigenvalue weighted by Gasteiger charge is 2.34. The van der Waals surface area contributed by atoms with Gasteiger partial charge in [0, 0.05) is 23.8 Å². The van der Waals surface area contributed by atoms with Gasteiger partial charge in [0.2, 0.25) is 6.79 Å². The Morgan fingerprint density at radius 2 is 2.06 bits per heavy atom. The van der Waals surface area contributed by atoms with Crippen molar-refractivity contribution in [3.05, 3.63) is 18.2 Å². The van der Waals surface area contributed by atoms with Crippen molar-refractivity contribution in [2.45, 2.75) is 38.3 Å². The number of nitrogens with zero attached hydrogens (tertiary/aromatic N) is 1. The van der Waals surface area contributed by atoms with E-state index in [1.54, 1.807) is 0 Å². The molecule has 2 aliphatic rings. The second-order valence-corrected chi connectivity index (χ2v) is 5.65. The molecular weight excluding hydrogens is 230 g/mol. The fraction of sp³-hybridized carbons (Fsp3) is 0.571. The molecule has 1 atom stereocenters. The molecule has 18 heavy (non-hydrogen) atoms. The zero-order valence-electron chi connectivity index (χ0n) is 10.8. The van der Waals surface area contributed by atoms with E-state index in [4.69, 9.17) is 9.47 Å². The number of aliphatic hydroxyl groups excluding tert-OH is 1. The molecule has 1 saturated heterocycles. The van der Waals surface area contributed by atoms with Crippen LogP contribution in [0.4, 0.5) is 5.69 Å². The van der Waals surface area contributed by atoms with Crippen molar-refractivity contribution in [2.24, 2.45) is 0 Å². The molecule has 2 heterocycles. The Morgan fingerprint density at radius 3 is 2.83 bits per heavy atom. The van der Waals surface area contributed by atoms with Gasteiger partial charge in [-0.2, -0.15) is 0 Å². The van der Waals surface area contributed by atoms with Gasteiger partial charge in [0.15, 0.2) is 11.5 Å². The summed E-state index contributed by atoms with van der Waals surface area (Å²) in [6, 6.07) is 6.05. The van der Waals surface area contributed by atoms with Crippen LogP contribution in [0.3, 0.4) is 0 Å². The Labute approximate surface area is 107 Å². The maximum absolute atomic E-state index is 9.79. The average Bonchev–Trinajstić information content (AvgIpc) is 2.74. The second kappa shape index (κ2) is 4.05. The van der Waals surface area contributed by atoms with Crippen LogP contribution in [0.5, 0.6) is 11.5 Å². The number of anilines is 1. The van der Waals surface area contributed by atoms with Crippen molar-refractivity contribution in [1.82, 2.24) is 0 Å². The molecule has 1 unspecified atom stereocenters. The van der Waals surface area contributed by atoms with E-state index in [9.17, 15) is 5.11 Å². The highest BCUT2D eigenvalue weighted by atomic mass is 16.7. The molecule has 1 N–H and O–H groups in total. The first-order valence-electron chi connectivity index (χ1n) is 6.42. The Balaban J connectivity index is 1.90. The highest BCUT2D eigenvalue weighted by molar-refractivity contribution is 5.58. The number of ether oxygens (including phenoxy) is 2. The van der Waals surface area contributed by atoms with Gasteiger partial charge >= 0.3 is 0 Å². The third kappa shape index (κ3) is 1.90. The Kier molecular flexibility index (Phi) is 2.63. The van der Waals surface area contributed by atoms with Gasteiger partial charge in [-0.25, -0.2) is 0 Å². The maximum atomic E-state index is 9.79. The van der Waals surface area contributed by atoms with Crippen LogP contribution in [0.1, 0.15) is 26.7 Å². The minimum Gasteiger partial charge on any atom is -0.454 e. The molecule has 2 aliphatic heterocycles. The molecular formula is C14H19NO3. The molecule has 4 heteroatoms. The molecule has 0 amide bonds. The fourth-order valence-corrected chi connectivity index (χ4v) is 2.90. The van der Waals surface area contributed by atoms with Gasteiger partial charge in [0.25, 0.3) is 0 Å². The van der Waals surface area contributed by atoms with E-state index in [0.717, 1.165) is 36.6 Å². The van der Waals surface area contributed by atoms with Gasteiger partial charge < -0.3 is 19.5 Å². The molecule has 98 valence electrons. The van der Waals surface area contributed by atoms with Crippen LogP contribution < -0.4 is 14.4 Å². The Morgan fingerprint density at radius 1 is 1.28 bits per heavy atom. The van der Waals surface area contributed by atoms with Crippen LogP contribution >= 0.6 is 0 Å².